The molecule has 0 bridgehead atoms. The van der Waals surface area contributed by atoms with Crippen LogP contribution in [0.3, 0.4) is 0 Å². The molecule has 0 aliphatic carbocycles. The van der Waals surface area contributed by atoms with E-state index in [1.165, 1.54) is 4.40 Å². The standard InChI is InChI=1S/C18H18N4O3/c23-14-6-4-13(5-7-14)10-11-19-17(24)9-8-15-18(25)22-12-2-1-3-16(22)21-20-15/h1-7,12,23H,8-11H2,(H,19,24). The van der Waals surface area contributed by atoms with E-state index >= 15 is 0 Å². The van der Waals surface area contributed by atoms with Crippen molar-refractivity contribution in [1.29, 1.82) is 0 Å². The maximum atomic E-state index is 12.3. The number of aromatic nitrogens is 3. The lowest BCUT2D eigenvalue weighted by atomic mass is 10.1. The molecule has 0 atom stereocenters. The van der Waals surface area contributed by atoms with E-state index in [1.807, 2.05) is 12.1 Å². The molecule has 2 N–H and O–H groups in total. The Labute approximate surface area is 144 Å². The van der Waals surface area contributed by atoms with Gasteiger partial charge in [-0.2, -0.15) is 0 Å². The number of rotatable bonds is 6. The summed E-state index contributed by atoms with van der Waals surface area (Å²) in [6, 6.07) is 12.1. The van der Waals surface area contributed by atoms with Crippen LogP contribution in [0.4, 0.5) is 0 Å². The van der Waals surface area contributed by atoms with Gasteiger partial charge < -0.3 is 10.4 Å². The summed E-state index contributed by atoms with van der Waals surface area (Å²) >= 11 is 0. The lowest BCUT2D eigenvalue weighted by Crippen LogP contribution is -2.28. The van der Waals surface area contributed by atoms with E-state index in [0.29, 0.717) is 18.6 Å². The van der Waals surface area contributed by atoms with Crippen LogP contribution in [0, 0.1) is 0 Å². The number of phenolic OH excluding ortho intramolecular Hbond substituents is 1. The second kappa shape index (κ2) is 7.57. The van der Waals surface area contributed by atoms with Crippen molar-refractivity contribution in [2.75, 3.05) is 6.54 Å². The van der Waals surface area contributed by atoms with Crippen LogP contribution < -0.4 is 10.9 Å². The Bertz CT molecular complexity index is 935. The number of carbonyl (C=O) groups is 1. The van der Waals surface area contributed by atoms with E-state index in [0.717, 1.165) is 5.56 Å². The predicted octanol–water partition coefficient (Wildman–Crippen LogP) is 1.09. The largest absolute Gasteiger partial charge is 0.508 e. The lowest BCUT2D eigenvalue weighted by Gasteiger charge is -2.06. The van der Waals surface area contributed by atoms with E-state index in [1.54, 1.807) is 36.5 Å². The fraction of sp³-hybridized carbons (Fsp3) is 0.222. The molecule has 0 radical (unpaired) electrons. The van der Waals surface area contributed by atoms with Crippen molar-refractivity contribution in [1.82, 2.24) is 19.9 Å². The minimum absolute atomic E-state index is 0.141. The molecule has 7 heteroatoms. The highest BCUT2D eigenvalue weighted by Gasteiger charge is 2.09. The zero-order valence-electron chi connectivity index (χ0n) is 13.6. The smallest absolute Gasteiger partial charge is 0.279 e. The molecule has 128 valence electrons. The number of hydrogen-bond donors (Lipinski definition) is 2. The van der Waals surface area contributed by atoms with E-state index in [9.17, 15) is 14.7 Å². The molecule has 1 amide bonds. The fourth-order valence-electron chi connectivity index (χ4n) is 2.47. The van der Waals surface area contributed by atoms with Crippen molar-refractivity contribution in [3.8, 4) is 5.75 Å². The number of nitrogens with zero attached hydrogens (tertiary/aromatic N) is 3. The van der Waals surface area contributed by atoms with Gasteiger partial charge in [0.2, 0.25) is 5.91 Å². The molecule has 25 heavy (non-hydrogen) atoms. The quantitative estimate of drug-likeness (QED) is 0.701. The van der Waals surface area contributed by atoms with Gasteiger partial charge in [0, 0.05) is 25.6 Å². The molecule has 1 aromatic carbocycles. The zero-order valence-corrected chi connectivity index (χ0v) is 13.6. The Hall–Kier alpha value is -3.22. The maximum absolute atomic E-state index is 12.3. The second-order valence-electron chi connectivity index (χ2n) is 5.65. The Morgan fingerprint density at radius 3 is 2.68 bits per heavy atom. The van der Waals surface area contributed by atoms with E-state index in [2.05, 4.69) is 15.5 Å². The van der Waals surface area contributed by atoms with Gasteiger partial charge in [0.1, 0.15) is 11.4 Å². The highest BCUT2D eigenvalue weighted by molar-refractivity contribution is 5.76. The molecule has 0 aliphatic heterocycles. The third-order valence-electron chi connectivity index (χ3n) is 3.84. The van der Waals surface area contributed by atoms with Crippen molar-refractivity contribution < 1.29 is 9.90 Å². The fourth-order valence-corrected chi connectivity index (χ4v) is 2.47. The lowest BCUT2D eigenvalue weighted by molar-refractivity contribution is -0.121. The number of aromatic hydroxyl groups is 1. The number of pyridine rings is 1. The van der Waals surface area contributed by atoms with Gasteiger partial charge in [-0.05, 0) is 36.2 Å². The average molecular weight is 338 g/mol. The van der Waals surface area contributed by atoms with E-state index in [-0.39, 0.29) is 35.8 Å². The molecule has 2 aromatic heterocycles. The number of carbonyl (C=O) groups excluding carboxylic acids is 1. The molecule has 0 aliphatic rings. The Morgan fingerprint density at radius 2 is 1.88 bits per heavy atom. The molecule has 3 aromatic rings. The number of benzene rings is 1. The third kappa shape index (κ3) is 4.20. The minimum atomic E-state index is -0.248. The van der Waals surface area contributed by atoms with Crippen LogP contribution in [0.25, 0.3) is 5.65 Å². The number of aryl methyl sites for hydroxylation is 1. The molecule has 2 heterocycles. The molecule has 0 spiro atoms. The van der Waals surface area contributed by atoms with Gasteiger partial charge in [0.05, 0.1) is 0 Å². The second-order valence-corrected chi connectivity index (χ2v) is 5.65. The van der Waals surface area contributed by atoms with Crippen LogP contribution >= 0.6 is 0 Å². The first-order chi connectivity index (χ1) is 12.1. The SMILES string of the molecule is O=C(CCc1nnc2ccccn2c1=O)NCCc1ccc(O)cc1. The summed E-state index contributed by atoms with van der Waals surface area (Å²) in [6.07, 6.45) is 2.73. The van der Waals surface area contributed by atoms with Gasteiger partial charge >= 0.3 is 0 Å². The Kier molecular flexibility index (Phi) is 5.03. The van der Waals surface area contributed by atoms with Crippen molar-refractivity contribution >= 4 is 11.6 Å². The average Bonchev–Trinajstić information content (AvgIpc) is 2.63. The van der Waals surface area contributed by atoms with Gasteiger partial charge in [0.15, 0.2) is 5.65 Å². The van der Waals surface area contributed by atoms with Gasteiger partial charge in [-0.3, -0.25) is 14.0 Å². The van der Waals surface area contributed by atoms with Crippen LogP contribution in [0.2, 0.25) is 0 Å². The summed E-state index contributed by atoms with van der Waals surface area (Å²) in [5, 5.41) is 20.0. The van der Waals surface area contributed by atoms with Gasteiger partial charge in [-0.25, -0.2) is 0 Å². The molecule has 0 saturated heterocycles. The summed E-state index contributed by atoms with van der Waals surface area (Å²) in [5.74, 6) is 0.0775. The molecular formula is C18H18N4O3. The molecule has 0 fully saturated rings. The first-order valence-corrected chi connectivity index (χ1v) is 8.01. The number of nitrogens with one attached hydrogen (secondary N) is 1. The number of phenols is 1. The van der Waals surface area contributed by atoms with Crippen LogP contribution in [0.5, 0.6) is 5.75 Å². The Balaban J connectivity index is 1.51. The highest BCUT2D eigenvalue weighted by atomic mass is 16.3. The summed E-state index contributed by atoms with van der Waals surface area (Å²) in [7, 11) is 0. The number of hydrogen-bond acceptors (Lipinski definition) is 5. The van der Waals surface area contributed by atoms with Crippen LogP contribution in [-0.2, 0) is 17.6 Å². The Morgan fingerprint density at radius 1 is 1.08 bits per heavy atom. The van der Waals surface area contributed by atoms with Crippen LogP contribution in [0.15, 0.2) is 53.5 Å². The summed E-state index contributed by atoms with van der Waals surface area (Å²) in [6.45, 7) is 0.492. The van der Waals surface area contributed by atoms with E-state index < -0.39 is 0 Å². The van der Waals surface area contributed by atoms with Crippen molar-refractivity contribution in [3.05, 3.63) is 70.3 Å². The first kappa shape index (κ1) is 16.6. The van der Waals surface area contributed by atoms with E-state index in [4.69, 9.17) is 0 Å². The maximum Gasteiger partial charge on any atom is 0.279 e. The highest BCUT2D eigenvalue weighted by Crippen LogP contribution is 2.09. The summed E-state index contributed by atoms with van der Waals surface area (Å²) in [5.41, 5.74) is 1.53. The van der Waals surface area contributed by atoms with Gasteiger partial charge in [-0.1, -0.05) is 18.2 Å². The van der Waals surface area contributed by atoms with Crippen molar-refractivity contribution in [2.24, 2.45) is 0 Å². The predicted molar refractivity (Wildman–Crippen MR) is 92.4 cm³/mol. The van der Waals surface area contributed by atoms with Gasteiger partial charge in [-0.15, -0.1) is 10.2 Å². The molecule has 7 nitrogen and oxygen atoms in total. The molecule has 3 rings (SSSR count). The van der Waals surface area contributed by atoms with Crippen molar-refractivity contribution in [2.45, 2.75) is 19.3 Å². The topological polar surface area (TPSA) is 96.6 Å². The molecule has 0 unspecified atom stereocenters. The van der Waals surface area contributed by atoms with Crippen LogP contribution in [0.1, 0.15) is 17.7 Å². The monoisotopic (exact) mass is 338 g/mol. The van der Waals surface area contributed by atoms with Gasteiger partial charge in [0.25, 0.3) is 5.56 Å². The van der Waals surface area contributed by atoms with Crippen LogP contribution in [-0.4, -0.2) is 32.2 Å². The minimum Gasteiger partial charge on any atom is -0.508 e. The number of fused-ring (bicyclic) bond motifs is 1. The van der Waals surface area contributed by atoms with Crippen molar-refractivity contribution in [3.63, 3.8) is 0 Å². The summed E-state index contributed by atoms with van der Waals surface area (Å²) in [4.78, 5) is 24.2. The normalized spacial score (nSPS) is 10.7. The third-order valence-corrected chi connectivity index (χ3v) is 3.84. The zero-order chi connectivity index (χ0) is 17.6. The molecule has 0 saturated carbocycles. The summed E-state index contributed by atoms with van der Waals surface area (Å²) < 4.78 is 1.42. The number of amides is 1. The first-order valence-electron chi connectivity index (χ1n) is 8.01. The molecular weight excluding hydrogens is 320 g/mol.